The van der Waals surface area contributed by atoms with Crippen LogP contribution in [0.15, 0.2) is 53.0 Å². The molecule has 1 aliphatic heterocycles. The second kappa shape index (κ2) is 8.50. The summed E-state index contributed by atoms with van der Waals surface area (Å²) < 4.78 is 2.79. The van der Waals surface area contributed by atoms with Crippen LogP contribution < -0.4 is 5.32 Å². The molecule has 0 atom stereocenters. The lowest BCUT2D eigenvalue weighted by Gasteiger charge is -2.26. The minimum absolute atomic E-state index is 0.0667. The topological polar surface area (TPSA) is 37.3 Å². The summed E-state index contributed by atoms with van der Waals surface area (Å²) in [5.74, 6) is -0.0667. The van der Waals surface area contributed by atoms with Crippen LogP contribution in [0.5, 0.6) is 0 Å². The van der Waals surface area contributed by atoms with Crippen LogP contribution in [0.4, 0.5) is 0 Å². The second-order valence-corrected chi connectivity index (χ2v) is 8.37. The van der Waals surface area contributed by atoms with Gasteiger partial charge < -0.3 is 9.88 Å². The number of carbonyl (C=O) groups is 1. The second-order valence-electron chi connectivity index (χ2n) is 7.57. The molecule has 146 valence electrons. The lowest BCUT2D eigenvalue weighted by Crippen LogP contribution is -2.29. The van der Waals surface area contributed by atoms with Gasteiger partial charge in [-0.3, -0.25) is 9.69 Å². The van der Waals surface area contributed by atoms with E-state index in [9.17, 15) is 4.79 Å². The Morgan fingerprint density at radius 1 is 1.00 bits per heavy atom. The zero-order valence-corrected chi connectivity index (χ0v) is 17.8. The monoisotopic (exact) mass is 439 g/mol. The quantitative estimate of drug-likeness (QED) is 0.616. The van der Waals surface area contributed by atoms with Gasteiger partial charge in [0, 0.05) is 31.0 Å². The van der Waals surface area contributed by atoms with E-state index in [-0.39, 0.29) is 5.91 Å². The van der Waals surface area contributed by atoms with Crippen LogP contribution in [0.3, 0.4) is 0 Å². The maximum atomic E-state index is 12.8. The van der Waals surface area contributed by atoms with Crippen LogP contribution in [-0.4, -0.2) is 28.5 Å². The molecule has 1 fully saturated rings. The molecule has 2 aromatic carbocycles. The average molecular weight is 440 g/mol. The minimum atomic E-state index is -0.0667. The number of fused-ring (bicyclic) bond motifs is 1. The van der Waals surface area contributed by atoms with Crippen molar-refractivity contribution < 1.29 is 4.79 Å². The number of para-hydroxylation sites is 1. The Morgan fingerprint density at radius 2 is 1.68 bits per heavy atom. The summed E-state index contributed by atoms with van der Waals surface area (Å²) in [7, 11) is 1.93. The third-order valence-electron chi connectivity index (χ3n) is 5.59. The van der Waals surface area contributed by atoms with Gasteiger partial charge in [0.25, 0.3) is 5.91 Å². The van der Waals surface area contributed by atoms with Gasteiger partial charge in [0.05, 0.1) is 4.47 Å². The van der Waals surface area contributed by atoms with Crippen molar-refractivity contribution in [1.82, 2.24) is 14.8 Å². The number of amides is 1. The molecule has 0 radical (unpaired) electrons. The zero-order chi connectivity index (χ0) is 19.5. The Balaban J connectivity index is 1.40. The molecule has 0 unspecified atom stereocenters. The predicted molar refractivity (Wildman–Crippen MR) is 117 cm³/mol. The minimum Gasteiger partial charge on any atom is -0.347 e. The first kappa shape index (κ1) is 19.2. The lowest BCUT2D eigenvalue weighted by atomic mass is 10.1. The fourth-order valence-corrected chi connectivity index (χ4v) is 4.78. The van der Waals surface area contributed by atoms with Crippen LogP contribution in [-0.2, 0) is 20.1 Å². The molecule has 1 aliphatic rings. The number of halogens is 1. The Morgan fingerprint density at radius 3 is 2.39 bits per heavy atom. The van der Waals surface area contributed by atoms with Gasteiger partial charge in [0.1, 0.15) is 5.69 Å². The lowest BCUT2D eigenvalue weighted by molar-refractivity contribution is 0.0942. The van der Waals surface area contributed by atoms with Crippen molar-refractivity contribution in [2.24, 2.45) is 7.05 Å². The predicted octanol–water partition coefficient (Wildman–Crippen LogP) is 4.86. The first-order chi connectivity index (χ1) is 13.6. The summed E-state index contributed by atoms with van der Waals surface area (Å²) in [4.78, 5) is 15.3. The van der Waals surface area contributed by atoms with Crippen LogP contribution in [0, 0.1) is 0 Å². The van der Waals surface area contributed by atoms with Gasteiger partial charge in [-0.2, -0.15) is 0 Å². The van der Waals surface area contributed by atoms with Crippen molar-refractivity contribution in [2.75, 3.05) is 13.1 Å². The first-order valence-electron chi connectivity index (χ1n) is 9.95. The molecule has 28 heavy (non-hydrogen) atoms. The molecule has 5 heteroatoms. The third kappa shape index (κ3) is 4.01. The van der Waals surface area contributed by atoms with Crippen molar-refractivity contribution in [1.29, 1.82) is 0 Å². The number of rotatable bonds is 5. The largest absolute Gasteiger partial charge is 0.347 e. The SMILES string of the molecule is Cn1c(C(=O)NCc2ccc(CN3CCCCC3)cc2)c(Br)c2ccccc21. The molecule has 4 rings (SSSR count). The number of aromatic nitrogens is 1. The molecule has 3 aromatic rings. The molecule has 1 N–H and O–H groups in total. The Kier molecular flexibility index (Phi) is 5.83. The van der Waals surface area contributed by atoms with E-state index in [0.717, 1.165) is 27.5 Å². The Bertz CT molecular complexity index is 932. The summed E-state index contributed by atoms with van der Waals surface area (Å²) in [5, 5.41) is 4.11. The van der Waals surface area contributed by atoms with E-state index in [0.29, 0.717) is 12.2 Å². The molecule has 1 saturated heterocycles. The normalized spacial score (nSPS) is 15.1. The molecule has 4 nitrogen and oxygen atoms in total. The van der Waals surface area contributed by atoms with Gasteiger partial charge in [-0.25, -0.2) is 0 Å². The molecule has 0 aliphatic carbocycles. The van der Waals surface area contributed by atoms with Crippen molar-refractivity contribution in [3.8, 4) is 0 Å². The molecular formula is C23H26BrN3O. The smallest absolute Gasteiger partial charge is 0.269 e. The van der Waals surface area contributed by atoms with Gasteiger partial charge in [-0.15, -0.1) is 0 Å². The van der Waals surface area contributed by atoms with Gasteiger partial charge >= 0.3 is 0 Å². The van der Waals surface area contributed by atoms with Crippen LogP contribution in [0.2, 0.25) is 0 Å². The molecule has 0 saturated carbocycles. The summed E-state index contributed by atoms with van der Waals surface area (Å²) >= 11 is 3.60. The highest BCUT2D eigenvalue weighted by Crippen LogP contribution is 2.30. The maximum absolute atomic E-state index is 12.8. The van der Waals surface area contributed by atoms with Crippen molar-refractivity contribution >= 4 is 32.7 Å². The fourth-order valence-electron chi connectivity index (χ4n) is 4.00. The highest BCUT2D eigenvalue weighted by atomic mass is 79.9. The average Bonchev–Trinajstić information content (AvgIpc) is 2.99. The van der Waals surface area contributed by atoms with E-state index in [1.54, 1.807) is 0 Å². The van der Waals surface area contributed by atoms with E-state index >= 15 is 0 Å². The van der Waals surface area contributed by atoms with E-state index < -0.39 is 0 Å². The van der Waals surface area contributed by atoms with Crippen molar-refractivity contribution in [2.45, 2.75) is 32.4 Å². The molecule has 1 aromatic heterocycles. The maximum Gasteiger partial charge on any atom is 0.269 e. The van der Waals surface area contributed by atoms with Crippen molar-refractivity contribution in [3.05, 3.63) is 69.8 Å². The van der Waals surface area contributed by atoms with E-state index in [4.69, 9.17) is 0 Å². The third-order valence-corrected chi connectivity index (χ3v) is 6.39. The van der Waals surface area contributed by atoms with Gasteiger partial charge in [0.2, 0.25) is 0 Å². The number of nitrogens with one attached hydrogen (secondary N) is 1. The number of carbonyl (C=O) groups excluding carboxylic acids is 1. The zero-order valence-electron chi connectivity index (χ0n) is 16.2. The standard InChI is InChI=1S/C23H26BrN3O/c1-26-20-8-4-3-7-19(20)21(24)22(26)23(28)25-15-17-9-11-18(12-10-17)16-27-13-5-2-6-14-27/h3-4,7-12H,2,5-6,13-16H2,1H3,(H,25,28). The first-order valence-corrected chi connectivity index (χ1v) is 10.7. The molecular weight excluding hydrogens is 414 g/mol. The van der Waals surface area contributed by atoms with Gasteiger partial charge in [-0.1, -0.05) is 48.9 Å². The number of benzene rings is 2. The Hall–Kier alpha value is -2.11. The number of likely N-dealkylation sites (tertiary alicyclic amines) is 1. The summed E-state index contributed by atoms with van der Waals surface area (Å²) in [6.45, 7) is 3.96. The highest BCUT2D eigenvalue weighted by Gasteiger charge is 2.19. The molecule has 0 spiro atoms. The molecule has 1 amide bonds. The number of aryl methyl sites for hydroxylation is 1. The van der Waals surface area contributed by atoms with Crippen LogP contribution in [0.1, 0.15) is 40.9 Å². The van der Waals surface area contributed by atoms with Gasteiger partial charge in [0.15, 0.2) is 0 Å². The van der Waals surface area contributed by atoms with E-state index in [1.165, 1.54) is 37.9 Å². The van der Waals surface area contributed by atoms with E-state index in [1.807, 2.05) is 35.9 Å². The number of hydrogen-bond donors (Lipinski definition) is 1. The molecule has 2 heterocycles. The van der Waals surface area contributed by atoms with Crippen LogP contribution >= 0.6 is 15.9 Å². The summed E-state index contributed by atoms with van der Waals surface area (Å²) in [6, 6.07) is 16.6. The highest BCUT2D eigenvalue weighted by molar-refractivity contribution is 9.10. The molecule has 0 bridgehead atoms. The van der Waals surface area contributed by atoms with Crippen LogP contribution in [0.25, 0.3) is 10.9 Å². The number of piperidine rings is 1. The van der Waals surface area contributed by atoms with E-state index in [2.05, 4.69) is 50.4 Å². The number of hydrogen-bond acceptors (Lipinski definition) is 2. The summed E-state index contributed by atoms with van der Waals surface area (Å²) in [6.07, 6.45) is 3.99. The summed E-state index contributed by atoms with van der Waals surface area (Å²) in [5.41, 5.74) is 4.16. The fraction of sp³-hybridized carbons (Fsp3) is 0.348. The Labute approximate surface area is 174 Å². The van der Waals surface area contributed by atoms with Crippen molar-refractivity contribution in [3.63, 3.8) is 0 Å². The van der Waals surface area contributed by atoms with Gasteiger partial charge in [-0.05, 0) is 59.1 Å². The number of nitrogens with zero attached hydrogens (tertiary/aromatic N) is 2.